The zero-order chi connectivity index (χ0) is 9.19. The maximum atomic E-state index is 3.64. The summed E-state index contributed by atoms with van der Waals surface area (Å²) in [5, 5.41) is 3.64. The van der Waals surface area contributed by atoms with Gasteiger partial charge in [0, 0.05) is 12.6 Å². The average Bonchev–Trinajstić information content (AvgIpc) is 2.79. The van der Waals surface area contributed by atoms with E-state index < -0.39 is 0 Å². The van der Waals surface area contributed by atoms with Gasteiger partial charge in [-0.25, -0.2) is 0 Å². The van der Waals surface area contributed by atoms with Crippen molar-refractivity contribution in [2.24, 2.45) is 11.3 Å². The normalized spacial score (nSPS) is 25.0. The van der Waals surface area contributed by atoms with Crippen molar-refractivity contribution >= 4 is 0 Å². The van der Waals surface area contributed by atoms with Gasteiger partial charge in [-0.3, -0.25) is 0 Å². The highest BCUT2D eigenvalue weighted by molar-refractivity contribution is 4.91. The first-order valence-corrected chi connectivity index (χ1v) is 5.31. The minimum Gasteiger partial charge on any atom is -0.313 e. The van der Waals surface area contributed by atoms with E-state index in [-0.39, 0.29) is 0 Å². The van der Waals surface area contributed by atoms with Gasteiger partial charge in [0.15, 0.2) is 0 Å². The third kappa shape index (κ3) is 2.78. The Kier molecular flexibility index (Phi) is 3.16. The van der Waals surface area contributed by atoms with Crippen LogP contribution in [0.4, 0.5) is 0 Å². The monoisotopic (exact) mass is 169 g/mol. The van der Waals surface area contributed by atoms with Crippen LogP contribution in [0.1, 0.15) is 47.0 Å². The molecule has 1 rings (SSSR count). The van der Waals surface area contributed by atoms with Crippen molar-refractivity contribution in [2.45, 2.75) is 53.0 Å². The molecule has 1 saturated carbocycles. The molecule has 12 heavy (non-hydrogen) atoms. The predicted molar refractivity (Wildman–Crippen MR) is 54.3 cm³/mol. The summed E-state index contributed by atoms with van der Waals surface area (Å²) in [6.45, 7) is 10.5. The van der Waals surface area contributed by atoms with Crippen LogP contribution in [0.2, 0.25) is 0 Å². The van der Waals surface area contributed by atoms with Crippen molar-refractivity contribution in [1.82, 2.24) is 5.32 Å². The summed E-state index contributed by atoms with van der Waals surface area (Å²) in [5.41, 5.74) is 0.654. The van der Waals surface area contributed by atoms with Gasteiger partial charge < -0.3 is 5.32 Å². The SMILES string of the molecule is CCC(C)C(C)NCC1(C)CC1. The van der Waals surface area contributed by atoms with E-state index in [0.717, 1.165) is 5.92 Å². The van der Waals surface area contributed by atoms with Gasteiger partial charge in [0.25, 0.3) is 0 Å². The molecule has 1 aliphatic rings. The molecule has 0 aromatic rings. The van der Waals surface area contributed by atoms with E-state index in [1.54, 1.807) is 0 Å². The third-order valence-corrected chi connectivity index (χ3v) is 3.45. The first-order valence-electron chi connectivity index (χ1n) is 5.31. The summed E-state index contributed by atoms with van der Waals surface area (Å²) < 4.78 is 0. The molecule has 1 aliphatic carbocycles. The topological polar surface area (TPSA) is 12.0 Å². The fourth-order valence-electron chi connectivity index (χ4n) is 1.35. The molecule has 0 heterocycles. The summed E-state index contributed by atoms with van der Waals surface area (Å²) in [7, 11) is 0. The van der Waals surface area contributed by atoms with Crippen molar-refractivity contribution in [3.05, 3.63) is 0 Å². The highest BCUT2D eigenvalue weighted by atomic mass is 14.9. The standard InChI is InChI=1S/C11H23N/c1-5-9(2)10(3)12-8-11(4)6-7-11/h9-10,12H,5-8H2,1-4H3. The van der Waals surface area contributed by atoms with Crippen molar-refractivity contribution < 1.29 is 0 Å². The predicted octanol–water partition coefficient (Wildman–Crippen LogP) is 2.81. The van der Waals surface area contributed by atoms with Crippen LogP contribution in [0.25, 0.3) is 0 Å². The molecule has 0 aromatic heterocycles. The van der Waals surface area contributed by atoms with E-state index in [1.165, 1.54) is 25.8 Å². The van der Waals surface area contributed by atoms with Crippen LogP contribution < -0.4 is 5.32 Å². The number of nitrogens with one attached hydrogen (secondary N) is 1. The smallest absolute Gasteiger partial charge is 0.00644 e. The first kappa shape index (κ1) is 10.0. The lowest BCUT2D eigenvalue weighted by atomic mass is 10.00. The molecular weight excluding hydrogens is 146 g/mol. The molecule has 0 amide bonds. The van der Waals surface area contributed by atoms with Crippen molar-refractivity contribution in [3.8, 4) is 0 Å². The Balaban J connectivity index is 2.13. The summed E-state index contributed by atoms with van der Waals surface area (Å²) in [4.78, 5) is 0. The molecule has 1 nitrogen and oxygen atoms in total. The fraction of sp³-hybridized carbons (Fsp3) is 1.00. The van der Waals surface area contributed by atoms with Crippen molar-refractivity contribution in [3.63, 3.8) is 0 Å². The quantitative estimate of drug-likeness (QED) is 0.667. The maximum absolute atomic E-state index is 3.64. The van der Waals surface area contributed by atoms with E-state index in [0.29, 0.717) is 11.5 Å². The molecule has 0 aliphatic heterocycles. The lowest BCUT2D eigenvalue weighted by molar-refractivity contribution is 0.358. The second-order valence-corrected chi connectivity index (χ2v) is 4.87. The van der Waals surface area contributed by atoms with Crippen LogP contribution in [-0.2, 0) is 0 Å². The van der Waals surface area contributed by atoms with Crippen LogP contribution in [0.3, 0.4) is 0 Å². The highest BCUT2D eigenvalue weighted by Gasteiger charge is 2.36. The molecule has 1 fully saturated rings. The minimum atomic E-state index is 0.654. The van der Waals surface area contributed by atoms with Crippen LogP contribution in [-0.4, -0.2) is 12.6 Å². The molecule has 0 aromatic carbocycles. The lowest BCUT2D eigenvalue weighted by Crippen LogP contribution is -2.35. The van der Waals surface area contributed by atoms with E-state index in [1.807, 2.05) is 0 Å². The Morgan fingerprint density at radius 2 is 1.92 bits per heavy atom. The second-order valence-electron chi connectivity index (χ2n) is 4.87. The average molecular weight is 169 g/mol. The van der Waals surface area contributed by atoms with Crippen LogP contribution >= 0.6 is 0 Å². The van der Waals surface area contributed by atoms with Crippen LogP contribution in [0, 0.1) is 11.3 Å². The summed E-state index contributed by atoms with van der Waals surface area (Å²) in [5.74, 6) is 0.812. The van der Waals surface area contributed by atoms with Gasteiger partial charge in [-0.1, -0.05) is 27.2 Å². The number of rotatable bonds is 5. The Morgan fingerprint density at radius 3 is 2.33 bits per heavy atom. The molecule has 1 N–H and O–H groups in total. The zero-order valence-corrected chi connectivity index (χ0v) is 8.98. The van der Waals surface area contributed by atoms with Gasteiger partial charge >= 0.3 is 0 Å². The highest BCUT2D eigenvalue weighted by Crippen LogP contribution is 2.44. The summed E-state index contributed by atoms with van der Waals surface area (Å²) in [6.07, 6.45) is 4.13. The van der Waals surface area contributed by atoms with Gasteiger partial charge in [0.2, 0.25) is 0 Å². The lowest BCUT2D eigenvalue weighted by Gasteiger charge is -2.21. The van der Waals surface area contributed by atoms with Crippen LogP contribution in [0.5, 0.6) is 0 Å². The largest absolute Gasteiger partial charge is 0.313 e. The Hall–Kier alpha value is -0.0400. The summed E-state index contributed by atoms with van der Waals surface area (Å²) in [6, 6.07) is 0.687. The van der Waals surface area contributed by atoms with Crippen LogP contribution in [0.15, 0.2) is 0 Å². The van der Waals surface area contributed by atoms with Gasteiger partial charge in [-0.15, -0.1) is 0 Å². The van der Waals surface area contributed by atoms with Gasteiger partial charge in [-0.05, 0) is 31.1 Å². The van der Waals surface area contributed by atoms with Crippen molar-refractivity contribution in [1.29, 1.82) is 0 Å². The molecule has 0 spiro atoms. The fourth-order valence-corrected chi connectivity index (χ4v) is 1.35. The van der Waals surface area contributed by atoms with E-state index in [2.05, 4.69) is 33.0 Å². The van der Waals surface area contributed by atoms with E-state index in [4.69, 9.17) is 0 Å². The summed E-state index contributed by atoms with van der Waals surface area (Å²) >= 11 is 0. The molecule has 2 unspecified atom stereocenters. The molecule has 0 bridgehead atoms. The molecule has 72 valence electrons. The van der Waals surface area contributed by atoms with Gasteiger partial charge in [0.1, 0.15) is 0 Å². The molecular formula is C11H23N. The van der Waals surface area contributed by atoms with E-state index >= 15 is 0 Å². The van der Waals surface area contributed by atoms with Crippen molar-refractivity contribution in [2.75, 3.05) is 6.54 Å². The maximum Gasteiger partial charge on any atom is 0.00644 e. The number of hydrogen-bond acceptors (Lipinski definition) is 1. The van der Waals surface area contributed by atoms with E-state index in [9.17, 15) is 0 Å². The number of hydrogen-bond donors (Lipinski definition) is 1. The Bertz CT molecular complexity index is 138. The molecule has 2 atom stereocenters. The molecule has 0 radical (unpaired) electrons. The Labute approximate surface area is 76.9 Å². The molecule has 1 heteroatoms. The minimum absolute atomic E-state index is 0.654. The van der Waals surface area contributed by atoms with Gasteiger partial charge in [0.05, 0.1) is 0 Å². The third-order valence-electron chi connectivity index (χ3n) is 3.45. The molecule has 0 saturated heterocycles. The Morgan fingerprint density at radius 1 is 1.33 bits per heavy atom. The second kappa shape index (κ2) is 3.78. The first-order chi connectivity index (χ1) is 5.57. The van der Waals surface area contributed by atoms with Gasteiger partial charge in [-0.2, -0.15) is 0 Å². The zero-order valence-electron chi connectivity index (χ0n) is 8.98.